The number of halogens is 1. The third-order valence-corrected chi connectivity index (χ3v) is 4.00. The Bertz CT molecular complexity index is 812. The quantitative estimate of drug-likeness (QED) is 0.918. The number of hydrogen-bond donors (Lipinski definition) is 1. The first-order valence-corrected chi connectivity index (χ1v) is 7.82. The molecule has 112 valence electrons. The molecular weight excluding hydrogens is 299 g/mol. The van der Waals surface area contributed by atoms with Crippen LogP contribution < -0.4 is 0 Å². The molecule has 0 saturated carbocycles. The van der Waals surface area contributed by atoms with Gasteiger partial charge in [0.15, 0.2) is 5.69 Å². The SMILES string of the molecule is Cn1c(S(C)(=O)=O)nc(C(=O)O)c1Cc1cccc(F)c1. The number of aromatic carboxylic acids is 1. The number of carboxylic acids is 1. The summed E-state index contributed by atoms with van der Waals surface area (Å²) in [6.07, 6.45) is 1.02. The van der Waals surface area contributed by atoms with Gasteiger partial charge in [-0.05, 0) is 17.7 Å². The van der Waals surface area contributed by atoms with Gasteiger partial charge in [0.2, 0.25) is 15.0 Å². The summed E-state index contributed by atoms with van der Waals surface area (Å²) in [7, 11) is -2.23. The average Bonchev–Trinajstić information content (AvgIpc) is 2.67. The highest BCUT2D eigenvalue weighted by Gasteiger charge is 2.25. The van der Waals surface area contributed by atoms with Crippen molar-refractivity contribution >= 4 is 15.8 Å². The van der Waals surface area contributed by atoms with Crippen molar-refractivity contribution in [1.82, 2.24) is 9.55 Å². The molecule has 1 aromatic carbocycles. The Morgan fingerprint density at radius 2 is 2.10 bits per heavy atom. The largest absolute Gasteiger partial charge is 0.476 e. The second-order valence-corrected chi connectivity index (χ2v) is 6.54. The summed E-state index contributed by atoms with van der Waals surface area (Å²) in [5.74, 6) is -1.78. The second kappa shape index (κ2) is 5.28. The molecule has 21 heavy (non-hydrogen) atoms. The number of carboxylic acid groups (broad SMARTS) is 1. The van der Waals surface area contributed by atoms with Crippen LogP contribution in [0.25, 0.3) is 0 Å². The molecule has 6 nitrogen and oxygen atoms in total. The highest BCUT2D eigenvalue weighted by Crippen LogP contribution is 2.19. The molecule has 0 amide bonds. The van der Waals surface area contributed by atoms with Gasteiger partial charge in [-0.15, -0.1) is 0 Å². The number of sulfone groups is 1. The third kappa shape index (κ3) is 3.10. The van der Waals surface area contributed by atoms with Gasteiger partial charge in [0.05, 0.1) is 5.69 Å². The van der Waals surface area contributed by atoms with Gasteiger partial charge >= 0.3 is 5.97 Å². The predicted octanol–water partition coefficient (Wildman–Crippen LogP) is 1.25. The van der Waals surface area contributed by atoms with Crippen LogP contribution in [0.2, 0.25) is 0 Å². The first-order chi connectivity index (χ1) is 9.70. The van der Waals surface area contributed by atoms with Crippen LogP contribution in [0, 0.1) is 5.82 Å². The van der Waals surface area contributed by atoms with Crippen LogP contribution in [0.4, 0.5) is 4.39 Å². The van der Waals surface area contributed by atoms with Gasteiger partial charge in [-0.1, -0.05) is 12.1 Å². The number of benzene rings is 1. The van der Waals surface area contributed by atoms with E-state index in [9.17, 15) is 17.6 Å². The van der Waals surface area contributed by atoms with Gasteiger partial charge in [0.1, 0.15) is 5.82 Å². The van der Waals surface area contributed by atoms with E-state index in [1.54, 1.807) is 6.07 Å². The highest BCUT2D eigenvalue weighted by atomic mass is 32.2. The normalized spacial score (nSPS) is 11.6. The minimum Gasteiger partial charge on any atom is -0.476 e. The molecule has 0 bridgehead atoms. The molecular formula is C13H13FN2O4S. The van der Waals surface area contributed by atoms with Crippen molar-refractivity contribution in [1.29, 1.82) is 0 Å². The van der Waals surface area contributed by atoms with E-state index in [4.69, 9.17) is 5.11 Å². The topological polar surface area (TPSA) is 89.3 Å². The van der Waals surface area contributed by atoms with Crippen LogP contribution in [0.3, 0.4) is 0 Å². The van der Waals surface area contributed by atoms with Crippen molar-refractivity contribution in [2.75, 3.05) is 6.26 Å². The standard InChI is InChI=1S/C13H13FN2O4S/c1-16-10(7-8-4-3-5-9(14)6-8)11(12(17)18)15-13(16)21(2,19)20/h3-6H,7H2,1-2H3,(H,17,18). The minimum atomic E-state index is -3.65. The molecule has 1 heterocycles. The Morgan fingerprint density at radius 3 is 2.62 bits per heavy atom. The van der Waals surface area contributed by atoms with Gasteiger partial charge in [-0.25, -0.2) is 22.6 Å². The molecule has 1 N–H and O–H groups in total. The second-order valence-electron chi connectivity index (χ2n) is 4.63. The van der Waals surface area contributed by atoms with Crippen molar-refractivity contribution in [3.8, 4) is 0 Å². The molecule has 0 spiro atoms. The minimum absolute atomic E-state index is 0.0679. The molecule has 0 saturated heterocycles. The van der Waals surface area contributed by atoms with E-state index in [1.807, 2.05) is 0 Å². The molecule has 0 radical (unpaired) electrons. The Balaban J connectivity index is 2.57. The maximum atomic E-state index is 13.2. The Labute approximate surface area is 120 Å². The monoisotopic (exact) mass is 312 g/mol. The number of aromatic nitrogens is 2. The van der Waals surface area contributed by atoms with Crippen LogP contribution in [0.5, 0.6) is 0 Å². The van der Waals surface area contributed by atoms with E-state index in [1.165, 1.54) is 29.8 Å². The Kier molecular flexibility index (Phi) is 3.82. The summed E-state index contributed by atoms with van der Waals surface area (Å²) in [5, 5.41) is 8.83. The van der Waals surface area contributed by atoms with E-state index in [2.05, 4.69) is 4.98 Å². The molecule has 8 heteroatoms. The van der Waals surface area contributed by atoms with Gasteiger partial charge in [0, 0.05) is 19.7 Å². The summed E-state index contributed by atoms with van der Waals surface area (Å²) >= 11 is 0. The molecule has 0 fully saturated rings. The fourth-order valence-corrected chi connectivity index (χ4v) is 2.92. The van der Waals surface area contributed by atoms with Crippen LogP contribution in [0.1, 0.15) is 21.7 Å². The van der Waals surface area contributed by atoms with Crippen molar-refractivity contribution in [2.24, 2.45) is 7.05 Å². The Hall–Kier alpha value is -2.22. The smallest absolute Gasteiger partial charge is 0.356 e. The number of imidazole rings is 1. The number of hydrogen-bond acceptors (Lipinski definition) is 4. The predicted molar refractivity (Wildman–Crippen MR) is 72.5 cm³/mol. The zero-order valence-electron chi connectivity index (χ0n) is 11.4. The Morgan fingerprint density at radius 1 is 1.43 bits per heavy atom. The van der Waals surface area contributed by atoms with Crippen LogP contribution in [-0.2, 0) is 23.3 Å². The fraction of sp³-hybridized carbons (Fsp3) is 0.231. The zero-order valence-corrected chi connectivity index (χ0v) is 12.2. The molecule has 0 aliphatic heterocycles. The van der Waals surface area contributed by atoms with Crippen molar-refractivity contribution < 1.29 is 22.7 Å². The van der Waals surface area contributed by atoms with Crippen LogP contribution >= 0.6 is 0 Å². The lowest BCUT2D eigenvalue weighted by Gasteiger charge is -2.06. The molecule has 2 rings (SSSR count). The lowest BCUT2D eigenvalue weighted by Crippen LogP contribution is -2.08. The van der Waals surface area contributed by atoms with Crippen molar-refractivity contribution in [3.63, 3.8) is 0 Å². The molecule has 2 aromatic rings. The fourth-order valence-electron chi connectivity index (χ4n) is 2.05. The summed E-state index contributed by atoms with van der Waals surface area (Å²) < 4.78 is 37.6. The van der Waals surface area contributed by atoms with E-state index in [-0.39, 0.29) is 23.0 Å². The van der Waals surface area contributed by atoms with Gasteiger partial charge < -0.3 is 9.67 Å². The molecule has 0 aliphatic rings. The zero-order chi connectivity index (χ0) is 15.8. The van der Waals surface area contributed by atoms with E-state index < -0.39 is 21.6 Å². The lowest BCUT2D eigenvalue weighted by atomic mass is 10.1. The first-order valence-electron chi connectivity index (χ1n) is 5.93. The maximum absolute atomic E-state index is 13.2. The van der Waals surface area contributed by atoms with E-state index in [0.717, 1.165) is 6.26 Å². The summed E-state index contributed by atoms with van der Waals surface area (Å²) in [5.41, 5.74) is 0.385. The van der Waals surface area contributed by atoms with Crippen LogP contribution in [-0.4, -0.2) is 35.3 Å². The maximum Gasteiger partial charge on any atom is 0.356 e. The summed E-state index contributed by atoms with van der Waals surface area (Å²) in [6.45, 7) is 0. The number of nitrogens with zero attached hydrogens (tertiary/aromatic N) is 2. The number of carbonyl (C=O) groups is 1. The summed E-state index contributed by atoms with van der Waals surface area (Å²) in [6, 6.07) is 5.66. The van der Waals surface area contributed by atoms with Gasteiger partial charge in [-0.2, -0.15) is 0 Å². The number of rotatable bonds is 4. The van der Waals surface area contributed by atoms with E-state index >= 15 is 0 Å². The molecule has 0 unspecified atom stereocenters. The summed E-state index contributed by atoms with van der Waals surface area (Å²) in [4.78, 5) is 14.9. The van der Waals surface area contributed by atoms with Gasteiger partial charge in [-0.3, -0.25) is 0 Å². The molecule has 0 atom stereocenters. The third-order valence-electron chi connectivity index (χ3n) is 2.97. The van der Waals surface area contributed by atoms with Crippen molar-refractivity contribution in [3.05, 3.63) is 47.0 Å². The van der Waals surface area contributed by atoms with Crippen LogP contribution in [0.15, 0.2) is 29.4 Å². The van der Waals surface area contributed by atoms with E-state index in [0.29, 0.717) is 5.56 Å². The first kappa shape index (κ1) is 15.2. The lowest BCUT2D eigenvalue weighted by molar-refractivity contribution is 0.0689. The highest BCUT2D eigenvalue weighted by molar-refractivity contribution is 7.90. The van der Waals surface area contributed by atoms with Gasteiger partial charge in [0.25, 0.3) is 0 Å². The molecule has 1 aromatic heterocycles. The van der Waals surface area contributed by atoms with Crippen molar-refractivity contribution in [2.45, 2.75) is 11.6 Å². The molecule has 0 aliphatic carbocycles. The average molecular weight is 312 g/mol.